The van der Waals surface area contributed by atoms with Gasteiger partial charge in [0.1, 0.15) is 30.1 Å². The molecule has 0 aliphatic heterocycles. The number of hydrogen-bond donors (Lipinski definition) is 1. The van der Waals surface area contributed by atoms with Crippen LogP contribution in [0.25, 0.3) is 0 Å². The molecule has 2 rings (SSSR count). The van der Waals surface area contributed by atoms with E-state index in [9.17, 15) is 0 Å². The molecule has 4 heteroatoms. The lowest BCUT2D eigenvalue weighted by molar-refractivity contribution is 0.304. The Morgan fingerprint density at radius 3 is 2.50 bits per heavy atom. The number of nitriles is 2. The van der Waals surface area contributed by atoms with E-state index in [-0.39, 0.29) is 5.57 Å². The topological polar surface area (TPSA) is 68.8 Å². The van der Waals surface area contributed by atoms with Crippen LogP contribution in [0.4, 0.5) is 5.69 Å². The van der Waals surface area contributed by atoms with E-state index in [1.807, 2.05) is 55.5 Å². The minimum absolute atomic E-state index is 0.0297. The molecular weight excluding hydrogens is 274 g/mol. The predicted octanol–water partition coefficient (Wildman–Crippen LogP) is 3.92. The summed E-state index contributed by atoms with van der Waals surface area (Å²) in [6.45, 7) is 2.46. The van der Waals surface area contributed by atoms with Crippen molar-refractivity contribution in [2.45, 2.75) is 13.5 Å². The first-order chi connectivity index (χ1) is 10.7. The zero-order chi connectivity index (χ0) is 15.8. The zero-order valence-corrected chi connectivity index (χ0v) is 12.2. The number of anilines is 1. The minimum Gasteiger partial charge on any atom is -0.489 e. The highest BCUT2D eigenvalue weighted by molar-refractivity contribution is 5.54. The maximum absolute atomic E-state index is 8.68. The normalized spacial score (nSPS) is 9.23. The number of allylic oxidation sites excluding steroid dienone is 1. The highest BCUT2D eigenvalue weighted by Crippen LogP contribution is 2.23. The van der Waals surface area contributed by atoms with E-state index < -0.39 is 0 Å². The van der Waals surface area contributed by atoms with Gasteiger partial charge in [-0.25, -0.2) is 0 Å². The Hall–Kier alpha value is -3.24. The summed E-state index contributed by atoms with van der Waals surface area (Å²) in [5.41, 5.74) is 2.92. The lowest BCUT2D eigenvalue weighted by atomic mass is 10.2. The first-order valence-electron chi connectivity index (χ1n) is 6.77. The third kappa shape index (κ3) is 4.13. The highest BCUT2D eigenvalue weighted by Gasteiger charge is 2.02. The molecule has 0 aliphatic rings. The molecule has 0 amide bonds. The van der Waals surface area contributed by atoms with Gasteiger partial charge < -0.3 is 10.1 Å². The molecule has 0 unspecified atom stereocenters. The number of benzene rings is 2. The molecule has 108 valence electrons. The minimum atomic E-state index is 0.0297. The van der Waals surface area contributed by atoms with Crippen LogP contribution in [-0.2, 0) is 6.61 Å². The molecule has 1 N–H and O–H groups in total. The Labute approximate surface area is 129 Å². The highest BCUT2D eigenvalue weighted by atomic mass is 16.5. The van der Waals surface area contributed by atoms with Crippen LogP contribution in [0.3, 0.4) is 0 Å². The number of rotatable bonds is 5. The molecule has 22 heavy (non-hydrogen) atoms. The molecule has 2 aromatic rings. The number of ether oxygens (including phenoxy) is 1. The van der Waals surface area contributed by atoms with Crippen molar-refractivity contribution in [1.29, 1.82) is 10.5 Å². The van der Waals surface area contributed by atoms with Crippen LogP contribution >= 0.6 is 0 Å². The van der Waals surface area contributed by atoms with Crippen LogP contribution < -0.4 is 10.1 Å². The fraction of sp³-hybridized carbons (Fsp3) is 0.111. The maximum atomic E-state index is 8.68. The summed E-state index contributed by atoms with van der Waals surface area (Å²) in [4.78, 5) is 0. The number of hydrogen-bond acceptors (Lipinski definition) is 4. The van der Waals surface area contributed by atoms with Gasteiger partial charge in [-0.15, -0.1) is 0 Å². The molecular formula is C18H15N3O. The average molecular weight is 289 g/mol. The Kier molecular flexibility index (Phi) is 5.18. The number of nitrogens with zero attached hydrogens (tertiary/aromatic N) is 2. The monoisotopic (exact) mass is 289 g/mol. The van der Waals surface area contributed by atoms with Gasteiger partial charge in [-0.1, -0.05) is 30.3 Å². The van der Waals surface area contributed by atoms with Crippen molar-refractivity contribution in [2.24, 2.45) is 0 Å². The SMILES string of the molecule is Cc1cc(NC=C(C#N)C#N)ccc1OCc1ccccc1. The Morgan fingerprint density at radius 1 is 1.14 bits per heavy atom. The van der Waals surface area contributed by atoms with Gasteiger partial charge in [-0.2, -0.15) is 10.5 Å². The molecule has 0 radical (unpaired) electrons. The van der Waals surface area contributed by atoms with Gasteiger partial charge in [-0.05, 0) is 36.2 Å². The Morgan fingerprint density at radius 2 is 1.86 bits per heavy atom. The van der Waals surface area contributed by atoms with Crippen LogP contribution in [0.15, 0.2) is 60.3 Å². The fourth-order valence-electron chi connectivity index (χ4n) is 1.88. The Balaban J connectivity index is 2.03. The molecule has 0 bridgehead atoms. The summed E-state index contributed by atoms with van der Waals surface area (Å²) in [5, 5.41) is 20.3. The average Bonchev–Trinajstić information content (AvgIpc) is 2.56. The van der Waals surface area contributed by atoms with Crippen molar-refractivity contribution in [1.82, 2.24) is 0 Å². The van der Waals surface area contributed by atoms with Crippen LogP contribution in [0.1, 0.15) is 11.1 Å². The second kappa shape index (κ2) is 7.52. The molecule has 0 heterocycles. The molecule has 4 nitrogen and oxygen atoms in total. The van der Waals surface area contributed by atoms with Gasteiger partial charge in [0.2, 0.25) is 0 Å². The second-order valence-corrected chi connectivity index (χ2v) is 4.68. The smallest absolute Gasteiger partial charge is 0.145 e. The zero-order valence-electron chi connectivity index (χ0n) is 12.2. The first-order valence-corrected chi connectivity index (χ1v) is 6.77. The van der Waals surface area contributed by atoms with E-state index in [1.165, 1.54) is 6.20 Å². The molecule has 0 spiro atoms. The van der Waals surface area contributed by atoms with Crippen LogP contribution in [0.2, 0.25) is 0 Å². The summed E-state index contributed by atoms with van der Waals surface area (Å²) in [6, 6.07) is 19.2. The van der Waals surface area contributed by atoms with E-state index in [2.05, 4.69) is 5.32 Å². The van der Waals surface area contributed by atoms with E-state index in [0.717, 1.165) is 22.6 Å². The first kappa shape index (κ1) is 15.2. The van der Waals surface area contributed by atoms with E-state index in [4.69, 9.17) is 15.3 Å². The molecule has 0 saturated heterocycles. The van der Waals surface area contributed by atoms with E-state index in [1.54, 1.807) is 12.1 Å². The third-order valence-electron chi connectivity index (χ3n) is 3.04. The lowest BCUT2D eigenvalue weighted by Gasteiger charge is -2.11. The summed E-state index contributed by atoms with van der Waals surface area (Å²) in [5.74, 6) is 0.805. The second-order valence-electron chi connectivity index (χ2n) is 4.68. The summed E-state index contributed by atoms with van der Waals surface area (Å²) in [6.07, 6.45) is 1.39. The van der Waals surface area contributed by atoms with Gasteiger partial charge in [0.15, 0.2) is 0 Å². The standard InChI is InChI=1S/C18H15N3O/c1-14-9-17(21-12-16(10-19)11-20)7-8-18(14)22-13-15-5-3-2-4-6-15/h2-9,12,21H,13H2,1H3. The summed E-state index contributed by atoms with van der Waals surface area (Å²) < 4.78 is 5.80. The van der Waals surface area contributed by atoms with Crippen molar-refractivity contribution in [2.75, 3.05) is 5.32 Å². The molecule has 0 atom stereocenters. The predicted molar refractivity (Wildman–Crippen MR) is 84.9 cm³/mol. The Bertz CT molecular complexity index is 736. The van der Waals surface area contributed by atoms with Crippen LogP contribution in [-0.4, -0.2) is 0 Å². The molecule has 2 aromatic carbocycles. The molecule has 0 aromatic heterocycles. The molecule has 0 aliphatic carbocycles. The van der Waals surface area contributed by atoms with Crippen molar-refractivity contribution in [3.05, 3.63) is 71.4 Å². The molecule has 0 fully saturated rings. The fourth-order valence-corrected chi connectivity index (χ4v) is 1.88. The quantitative estimate of drug-likeness (QED) is 0.847. The van der Waals surface area contributed by atoms with Crippen molar-refractivity contribution < 1.29 is 4.74 Å². The number of aryl methyl sites for hydroxylation is 1. The van der Waals surface area contributed by atoms with Crippen LogP contribution in [0.5, 0.6) is 5.75 Å². The summed E-state index contributed by atoms with van der Waals surface area (Å²) >= 11 is 0. The van der Waals surface area contributed by atoms with Gasteiger partial charge in [0.05, 0.1) is 0 Å². The third-order valence-corrected chi connectivity index (χ3v) is 3.04. The maximum Gasteiger partial charge on any atom is 0.145 e. The molecule has 0 saturated carbocycles. The van der Waals surface area contributed by atoms with Gasteiger partial charge in [0, 0.05) is 11.9 Å². The number of nitrogens with one attached hydrogen (secondary N) is 1. The largest absolute Gasteiger partial charge is 0.489 e. The van der Waals surface area contributed by atoms with E-state index >= 15 is 0 Å². The van der Waals surface area contributed by atoms with Crippen LogP contribution in [0, 0.1) is 29.6 Å². The van der Waals surface area contributed by atoms with Gasteiger partial charge in [-0.3, -0.25) is 0 Å². The van der Waals surface area contributed by atoms with Gasteiger partial charge >= 0.3 is 0 Å². The van der Waals surface area contributed by atoms with Crippen molar-refractivity contribution >= 4 is 5.69 Å². The van der Waals surface area contributed by atoms with Crippen molar-refractivity contribution in [3.8, 4) is 17.9 Å². The summed E-state index contributed by atoms with van der Waals surface area (Å²) in [7, 11) is 0. The van der Waals surface area contributed by atoms with Crippen molar-refractivity contribution in [3.63, 3.8) is 0 Å². The lowest BCUT2D eigenvalue weighted by Crippen LogP contribution is -1.97. The van der Waals surface area contributed by atoms with Gasteiger partial charge in [0.25, 0.3) is 0 Å². The van der Waals surface area contributed by atoms with E-state index in [0.29, 0.717) is 6.61 Å².